The van der Waals surface area contributed by atoms with Crippen LogP contribution in [0.3, 0.4) is 0 Å². The van der Waals surface area contributed by atoms with Gasteiger partial charge in [-0.05, 0) is 49.4 Å². The summed E-state index contributed by atoms with van der Waals surface area (Å²) in [5.74, 6) is 0.210. The van der Waals surface area contributed by atoms with Gasteiger partial charge in [-0.2, -0.15) is 0 Å². The summed E-state index contributed by atoms with van der Waals surface area (Å²) in [6.45, 7) is 4.83. The highest BCUT2D eigenvalue weighted by molar-refractivity contribution is 6.01. The van der Waals surface area contributed by atoms with Crippen molar-refractivity contribution in [2.75, 3.05) is 11.4 Å². The highest BCUT2D eigenvalue weighted by Crippen LogP contribution is 2.37. The van der Waals surface area contributed by atoms with Crippen molar-refractivity contribution in [2.45, 2.75) is 45.6 Å². The quantitative estimate of drug-likeness (QED) is 0.915. The third kappa shape index (κ3) is 2.09. The van der Waals surface area contributed by atoms with E-state index in [1.54, 1.807) is 0 Å². The third-order valence-electron chi connectivity index (χ3n) is 4.30. The van der Waals surface area contributed by atoms with Crippen molar-refractivity contribution in [1.82, 2.24) is 5.32 Å². The molecule has 0 fully saturated rings. The van der Waals surface area contributed by atoms with Crippen molar-refractivity contribution in [3.8, 4) is 0 Å². The van der Waals surface area contributed by atoms with Gasteiger partial charge in [-0.1, -0.05) is 6.92 Å². The van der Waals surface area contributed by atoms with Crippen LogP contribution >= 0.6 is 0 Å². The van der Waals surface area contributed by atoms with Gasteiger partial charge in [0.25, 0.3) is 5.91 Å². The number of carbonyl (C=O) groups is 2. The molecule has 2 heterocycles. The Morgan fingerprint density at radius 2 is 2.00 bits per heavy atom. The minimum absolute atomic E-state index is 0.00579. The molecule has 20 heavy (non-hydrogen) atoms. The van der Waals surface area contributed by atoms with Gasteiger partial charge in [-0.15, -0.1) is 0 Å². The lowest BCUT2D eigenvalue weighted by Gasteiger charge is -2.25. The van der Waals surface area contributed by atoms with E-state index >= 15 is 0 Å². The maximum Gasteiger partial charge on any atom is 0.251 e. The largest absolute Gasteiger partial charge is 0.350 e. The van der Waals surface area contributed by atoms with E-state index in [1.165, 1.54) is 0 Å². The highest BCUT2D eigenvalue weighted by Gasteiger charge is 2.32. The Morgan fingerprint density at radius 1 is 1.30 bits per heavy atom. The highest BCUT2D eigenvalue weighted by atomic mass is 16.2. The molecule has 4 nitrogen and oxygen atoms in total. The molecule has 0 bridgehead atoms. The Morgan fingerprint density at radius 3 is 2.70 bits per heavy atom. The number of hydrogen-bond donors (Lipinski definition) is 1. The van der Waals surface area contributed by atoms with Crippen molar-refractivity contribution in [1.29, 1.82) is 0 Å². The van der Waals surface area contributed by atoms with Crippen molar-refractivity contribution in [2.24, 2.45) is 0 Å². The number of hydrogen-bond acceptors (Lipinski definition) is 2. The molecule has 0 aromatic heterocycles. The molecule has 1 N–H and O–H groups in total. The Bertz CT molecular complexity index is 580. The minimum atomic E-state index is -0.00579. The van der Waals surface area contributed by atoms with Crippen LogP contribution in [0.1, 0.15) is 48.2 Å². The topological polar surface area (TPSA) is 49.4 Å². The van der Waals surface area contributed by atoms with Crippen molar-refractivity contribution >= 4 is 17.5 Å². The van der Waals surface area contributed by atoms with Gasteiger partial charge in [-0.3, -0.25) is 9.59 Å². The lowest BCUT2D eigenvalue weighted by Crippen LogP contribution is -2.34. The fourth-order valence-corrected chi connectivity index (χ4v) is 3.00. The second-order valence-electron chi connectivity index (χ2n) is 5.72. The Hall–Kier alpha value is -1.84. The number of rotatable bonds is 3. The molecule has 1 atom stereocenters. The molecule has 0 spiro atoms. The first-order valence-electron chi connectivity index (χ1n) is 7.37. The molecule has 0 saturated heterocycles. The number of benzene rings is 1. The van der Waals surface area contributed by atoms with E-state index in [4.69, 9.17) is 0 Å². The summed E-state index contributed by atoms with van der Waals surface area (Å²) in [5, 5.41) is 3.01. The average molecular weight is 272 g/mol. The number of carbonyl (C=O) groups excluding carboxylic acids is 2. The van der Waals surface area contributed by atoms with Gasteiger partial charge in [0.15, 0.2) is 0 Å². The molecule has 4 heteroatoms. The number of amides is 2. The molecular weight excluding hydrogens is 252 g/mol. The molecule has 3 rings (SSSR count). The van der Waals surface area contributed by atoms with E-state index in [0.29, 0.717) is 6.42 Å². The second-order valence-corrected chi connectivity index (χ2v) is 5.72. The predicted octanol–water partition coefficient (Wildman–Crippen LogP) is 2.05. The molecule has 0 radical (unpaired) electrons. The summed E-state index contributed by atoms with van der Waals surface area (Å²) < 4.78 is 0. The zero-order chi connectivity index (χ0) is 14.3. The van der Waals surface area contributed by atoms with E-state index in [2.05, 4.69) is 12.2 Å². The maximum absolute atomic E-state index is 12.3. The molecule has 1 unspecified atom stereocenters. The molecule has 106 valence electrons. The standard InChI is InChI=1S/C16H20N2O2/c1-3-10(2)17-16(20)13-8-11-4-5-14(19)18-7-6-12(9-13)15(11)18/h8-10H,3-7H2,1-2H3,(H,17,20). The normalized spacial score (nSPS) is 17.9. The Balaban J connectivity index is 1.93. The van der Waals surface area contributed by atoms with Crippen LogP contribution in [0.4, 0.5) is 5.69 Å². The van der Waals surface area contributed by atoms with Crippen LogP contribution in [0, 0.1) is 0 Å². The molecule has 2 aliphatic rings. The summed E-state index contributed by atoms with van der Waals surface area (Å²) in [4.78, 5) is 26.0. The fourth-order valence-electron chi connectivity index (χ4n) is 3.00. The zero-order valence-electron chi connectivity index (χ0n) is 12.0. The first-order valence-corrected chi connectivity index (χ1v) is 7.37. The van der Waals surface area contributed by atoms with Crippen LogP contribution < -0.4 is 10.2 Å². The molecule has 0 saturated carbocycles. The zero-order valence-corrected chi connectivity index (χ0v) is 12.0. The average Bonchev–Trinajstić information content (AvgIpc) is 2.88. The van der Waals surface area contributed by atoms with E-state index < -0.39 is 0 Å². The van der Waals surface area contributed by atoms with Gasteiger partial charge < -0.3 is 10.2 Å². The van der Waals surface area contributed by atoms with E-state index in [-0.39, 0.29) is 17.9 Å². The van der Waals surface area contributed by atoms with Crippen molar-refractivity contribution < 1.29 is 9.59 Å². The van der Waals surface area contributed by atoms with E-state index in [0.717, 1.165) is 48.2 Å². The van der Waals surface area contributed by atoms with Gasteiger partial charge in [0.1, 0.15) is 0 Å². The molecule has 1 aromatic rings. The van der Waals surface area contributed by atoms with Gasteiger partial charge >= 0.3 is 0 Å². The first-order chi connectivity index (χ1) is 9.60. The molecule has 0 aliphatic carbocycles. The number of anilines is 1. The number of aryl methyl sites for hydroxylation is 1. The number of nitrogens with one attached hydrogen (secondary N) is 1. The van der Waals surface area contributed by atoms with Crippen LogP contribution in [0.5, 0.6) is 0 Å². The fraction of sp³-hybridized carbons (Fsp3) is 0.500. The third-order valence-corrected chi connectivity index (χ3v) is 4.30. The minimum Gasteiger partial charge on any atom is -0.350 e. The lowest BCUT2D eigenvalue weighted by molar-refractivity contribution is -0.118. The Labute approximate surface area is 119 Å². The SMILES string of the molecule is CCC(C)NC(=O)c1cc2c3c(c1)CCN3C(=O)CC2. The van der Waals surface area contributed by atoms with Gasteiger partial charge in [-0.25, -0.2) is 0 Å². The number of nitrogens with zero attached hydrogens (tertiary/aromatic N) is 1. The second kappa shape index (κ2) is 4.93. The predicted molar refractivity (Wildman–Crippen MR) is 78.0 cm³/mol. The van der Waals surface area contributed by atoms with Gasteiger partial charge in [0.2, 0.25) is 5.91 Å². The molecule has 2 aliphatic heterocycles. The summed E-state index contributed by atoms with van der Waals surface area (Å²) >= 11 is 0. The van der Waals surface area contributed by atoms with Crippen LogP contribution in [0.15, 0.2) is 12.1 Å². The van der Waals surface area contributed by atoms with Crippen LogP contribution in [-0.2, 0) is 17.6 Å². The van der Waals surface area contributed by atoms with Crippen LogP contribution in [-0.4, -0.2) is 24.4 Å². The van der Waals surface area contributed by atoms with Crippen molar-refractivity contribution in [3.63, 3.8) is 0 Å². The summed E-state index contributed by atoms with van der Waals surface area (Å²) in [6.07, 6.45) is 3.09. The van der Waals surface area contributed by atoms with Crippen LogP contribution in [0.25, 0.3) is 0 Å². The van der Waals surface area contributed by atoms with Crippen molar-refractivity contribution in [3.05, 3.63) is 28.8 Å². The summed E-state index contributed by atoms with van der Waals surface area (Å²) in [5.41, 5.74) is 4.09. The van der Waals surface area contributed by atoms with E-state index in [9.17, 15) is 9.59 Å². The maximum atomic E-state index is 12.3. The molecule has 2 amide bonds. The van der Waals surface area contributed by atoms with E-state index in [1.807, 2.05) is 24.0 Å². The molecular formula is C16H20N2O2. The summed E-state index contributed by atoms with van der Waals surface area (Å²) in [6, 6.07) is 4.10. The first kappa shape index (κ1) is 13.2. The van der Waals surface area contributed by atoms with Crippen LogP contribution in [0.2, 0.25) is 0 Å². The molecule has 1 aromatic carbocycles. The Kier molecular flexibility index (Phi) is 3.24. The van der Waals surface area contributed by atoms with Gasteiger partial charge in [0, 0.05) is 24.6 Å². The van der Waals surface area contributed by atoms with Gasteiger partial charge in [0.05, 0.1) is 5.69 Å². The monoisotopic (exact) mass is 272 g/mol. The summed E-state index contributed by atoms with van der Waals surface area (Å²) in [7, 11) is 0. The lowest BCUT2D eigenvalue weighted by atomic mass is 9.96. The smallest absolute Gasteiger partial charge is 0.251 e.